The first kappa shape index (κ1) is 22.1. The van der Waals surface area contributed by atoms with E-state index in [4.69, 9.17) is 16.6 Å². The normalized spacial score (nSPS) is 18.8. The van der Waals surface area contributed by atoms with Crippen LogP contribution in [0.3, 0.4) is 0 Å². The van der Waals surface area contributed by atoms with Gasteiger partial charge in [0.15, 0.2) is 0 Å². The van der Waals surface area contributed by atoms with Crippen molar-refractivity contribution in [2.24, 2.45) is 0 Å². The Morgan fingerprint density at radius 1 is 1.15 bits per heavy atom. The molecule has 0 N–H and O–H groups in total. The predicted octanol–water partition coefficient (Wildman–Crippen LogP) is 4.88. The van der Waals surface area contributed by atoms with Crippen molar-refractivity contribution >= 4 is 34.7 Å². The molecule has 4 heterocycles. The highest BCUT2D eigenvalue weighted by Crippen LogP contribution is 2.42. The second-order valence-electron chi connectivity index (χ2n) is 8.69. The third-order valence-electron chi connectivity index (χ3n) is 6.63. The number of amides is 1. The maximum Gasteiger partial charge on any atom is 0.246 e. The number of halogens is 1. The molecular formula is C26H27ClN4OS. The van der Waals surface area contributed by atoms with Crippen LogP contribution in [0.2, 0.25) is 4.34 Å². The Morgan fingerprint density at radius 3 is 2.67 bits per heavy atom. The third kappa shape index (κ3) is 4.43. The van der Waals surface area contributed by atoms with Gasteiger partial charge in [-0.25, -0.2) is 4.98 Å². The zero-order valence-corrected chi connectivity index (χ0v) is 20.3. The fraction of sp³-hybridized carbons (Fsp3) is 0.308. The SMILES string of the molecule is C=CC(=O)N1Cc2sc(Cl)cc2[C@H](c2ccccc2-c2ccc(N3CCN(C)CC3)nc2)C1. The molecule has 5 nitrogen and oxygen atoms in total. The van der Waals surface area contributed by atoms with E-state index in [1.165, 1.54) is 17.2 Å². The molecule has 0 unspecified atom stereocenters. The highest BCUT2D eigenvalue weighted by molar-refractivity contribution is 7.16. The average Bonchev–Trinajstić information content (AvgIpc) is 3.23. The van der Waals surface area contributed by atoms with Crippen LogP contribution in [-0.4, -0.2) is 60.5 Å². The van der Waals surface area contributed by atoms with Crippen LogP contribution < -0.4 is 4.90 Å². The fourth-order valence-corrected chi connectivity index (χ4v) is 6.14. The van der Waals surface area contributed by atoms with Gasteiger partial charge in [-0.2, -0.15) is 0 Å². The Kier molecular flexibility index (Phi) is 6.23. The van der Waals surface area contributed by atoms with E-state index in [-0.39, 0.29) is 11.8 Å². The molecule has 7 heteroatoms. The van der Waals surface area contributed by atoms with Crippen LogP contribution in [0.4, 0.5) is 5.82 Å². The molecule has 0 radical (unpaired) electrons. The van der Waals surface area contributed by atoms with Crippen LogP contribution in [0.5, 0.6) is 0 Å². The number of benzene rings is 1. The van der Waals surface area contributed by atoms with Crippen LogP contribution in [0.1, 0.15) is 21.9 Å². The number of carbonyl (C=O) groups is 1. The summed E-state index contributed by atoms with van der Waals surface area (Å²) in [7, 11) is 2.16. The van der Waals surface area contributed by atoms with Crippen molar-refractivity contribution in [1.82, 2.24) is 14.8 Å². The van der Waals surface area contributed by atoms with E-state index in [9.17, 15) is 4.79 Å². The van der Waals surface area contributed by atoms with Gasteiger partial charge < -0.3 is 14.7 Å². The second-order valence-corrected chi connectivity index (χ2v) is 10.5. The predicted molar refractivity (Wildman–Crippen MR) is 136 cm³/mol. The minimum Gasteiger partial charge on any atom is -0.354 e. The molecule has 1 saturated heterocycles. The maximum atomic E-state index is 12.5. The van der Waals surface area contributed by atoms with Gasteiger partial charge in [-0.3, -0.25) is 4.79 Å². The van der Waals surface area contributed by atoms with Crippen molar-refractivity contribution in [2.75, 3.05) is 44.7 Å². The summed E-state index contributed by atoms with van der Waals surface area (Å²) in [6.07, 6.45) is 3.37. The number of hydrogen-bond acceptors (Lipinski definition) is 5. The molecule has 2 aliphatic rings. The number of thiophene rings is 1. The van der Waals surface area contributed by atoms with Crippen LogP contribution in [0.25, 0.3) is 11.1 Å². The Morgan fingerprint density at radius 2 is 1.94 bits per heavy atom. The molecule has 0 saturated carbocycles. The molecule has 1 aromatic carbocycles. The van der Waals surface area contributed by atoms with Crippen molar-refractivity contribution in [3.63, 3.8) is 0 Å². The van der Waals surface area contributed by atoms with Crippen molar-refractivity contribution in [3.05, 3.63) is 81.7 Å². The first-order chi connectivity index (χ1) is 16.0. The van der Waals surface area contributed by atoms with Crippen LogP contribution in [-0.2, 0) is 11.3 Å². The molecule has 1 atom stereocenters. The fourth-order valence-electron chi connectivity index (χ4n) is 4.78. The molecule has 2 aromatic heterocycles. The summed E-state index contributed by atoms with van der Waals surface area (Å²) in [5, 5.41) is 0. The second kappa shape index (κ2) is 9.29. The maximum absolute atomic E-state index is 12.5. The van der Waals surface area contributed by atoms with Gasteiger partial charge in [0.05, 0.1) is 10.9 Å². The topological polar surface area (TPSA) is 39.7 Å². The zero-order valence-electron chi connectivity index (χ0n) is 18.7. The van der Waals surface area contributed by atoms with E-state index in [1.54, 1.807) is 11.3 Å². The quantitative estimate of drug-likeness (QED) is 0.501. The van der Waals surface area contributed by atoms with Gasteiger partial charge in [0.25, 0.3) is 0 Å². The summed E-state index contributed by atoms with van der Waals surface area (Å²) >= 11 is 7.95. The number of aromatic nitrogens is 1. The van der Waals surface area contributed by atoms with E-state index in [2.05, 4.69) is 65.9 Å². The van der Waals surface area contributed by atoms with E-state index in [1.807, 2.05) is 11.1 Å². The van der Waals surface area contributed by atoms with E-state index in [0.29, 0.717) is 13.1 Å². The van der Waals surface area contributed by atoms with Crippen LogP contribution in [0, 0.1) is 0 Å². The zero-order chi connectivity index (χ0) is 22.9. The third-order valence-corrected chi connectivity index (χ3v) is 7.90. The Balaban J connectivity index is 1.49. The largest absolute Gasteiger partial charge is 0.354 e. The first-order valence-corrected chi connectivity index (χ1v) is 12.4. The summed E-state index contributed by atoms with van der Waals surface area (Å²) < 4.78 is 0.758. The molecule has 33 heavy (non-hydrogen) atoms. The number of piperazine rings is 1. The molecule has 0 bridgehead atoms. The summed E-state index contributed by atoms with van der Waals surface area (Å²) in [5.74, 6) is 1.03. The molecule has 3 aromatic rings. The molecule has 5 rings (SSSR count). The van der Waals surface area contributed by atoms with E-state index in [0.717, 1.165) is 52.3 Å². The summed E-state index contributed by atoms with van der Waals surface area (Å²) in [6, 6.07) is 14.8. The molecule has 0 aliphatic carbocycles. The van der Waals surface area contributed by atoms with Crippen molar-refractivity contribution in [3.8, 4) is 11.1 Å². The summed E-state index contributed by atoms with van der Waals surface area (Å²) in [6.45, 7) is 8.97. The van der Waals surface area contributed by atoms with Crippen LogP contribution in [0.15, 0.2) is 61.3 Å². The summed E-state index contributed by atoms with van der Waals surface area (Å²) in [5.41, 5.74) is 4.62. The molecule has 0 spiro atoms. The van der Waals surface area contributed by atoms with E-state index < -0.39 is 0 Å². The van der Waals surface area contributed by atoms with Crippen molar-refractivity contribution in [1.29, 1.82) is 0 Å². The lowest BCUT2D eigenvalue weighted by atomic mass is 9.84. The summed E-state index contributed by atoms with van der Waals surface area (Å²) in [4.78, 5) is 25.0. The number of nitrogens with zero attached hydrogens (tertiary/aromatic N) is 4. The van der Waals surface area contributed by atoms with Gasteiger partial charge in [0.2, 0.25) is 5.91 Å². The van der Waals surface area contributed by atoms with Crippen molar-refractivity contribution < 1.29 is 4.79 Å². The van der Waals surface area contributed by atoms with Crippen LogP contribution >= 0.6 is 22.9 Å². The Labute approximate surface area is 203 Å². The van der Waals surface area contributed by atoms with Gasteiger partial charge in [-0.15, -0.1) is 11.3 Å². The van der Waals surface area contributed by atoms with Gasteiger partial charge in [0.1, 0.15) is 5.82 Å². The highest BCUT2D eigenvalue weighted by Gasteiger charge is 2.31. The lowest BCUT2D eigenvalue weighted by molar-refractivity contribution is -0.127. The number of rotatable bonds is 4. The smallest absolute Gasteiger partial charge is 0.246 e. The number of pyridine rings is 1. The number of fused-ring (bicyclic) bond motifs is 1. The molecular weight excluding hydrogens is 452 g/mol. The van der Waals surface area contributed by atoms with Gasteiger partial charge in [0, 0.05) is 55.3 Å². The first-order valence-electron chi connectivity index (χ1n) is 11.2. The Bertz CT molecular complexity index is 1170. The highest BCUT2D eigenvalue weighted by atomic mass is 35.5. The van der Waals surface area contributed by atoms with Gasteiger partial charge in [-0.05, 0) is 48.0 Å². The molecule has 1 fully saturated rings. The minimum absolute atomic E-state index is 0.0501. The molecule has 170 valence electrons. The van der Waals surface area contributed by atoms with Gasteiger partial charge >= 0.3 is 0 Å². The average molecular weight is 479 g/mol. The van der Waals surface area contributed by atoms with Crippen molar-refractivity contribution in [2.45, 2.75) is 12.5 Å². The van der Waals surface area contributed by atoms with E-state index >= 15 is 0 Å². The van der Waals surface area contributed by atoms with Gasteiger partial charge in [-0.1, -0.05) is 42.4 Å². The number of likely N-dealkylation sites (N-methyl/N-ethyl adjacent to an activating group) is 1. The Hall–Kier alpha value is -2.67. The standard InChI is InChI=1S/C26H27ClN4OS/c1-3-26(32)31-16-22(21-14-24(27)33-23(21)17-31)20-7-5-4-6-19(20)18-8-9-25(28-15-18)30-12-10-29(2)11-13-30/h3-9,14-15,22H,1,10-13,16-17H2,2H3/t22-/m0/s1. The lowest BCUT2D eigenvalue weighted by Crippen LogP contribution is -2.44. The minimum atomic E-state index is -0.0501. The number of carbonyl (C=O) groups excluding carboxylic acids is 1. The lowest BCUT2D eigenvalue weighted by Gasteiger charge is -2.34. The number of anilines is 1. The molecule has 1 amide bonds. The number of hydrogen-bond donors (Lipinski definition) is 0. The monoisotopic (exact) mass is 478 g/mol. The molecule has 2 aliphatic heterocycles.